The minimum Gasteiger partial charge on any atom is -0.258 e. The summed E-state index contributed by atoms with van der Waals surface area (Å²) in [4.78, 5) is 12.2. The molecule has 14 heavy (non-hydrogen) atoms. The van der Waals surface area contributed by atoms with Gasteiger partial charge in [0.15, 0.2) is 0 Å². The van der Waals surface area contributed by atoms with E-state index in [1.807, 2.05) is 0 Å². The van der Waals surface area contributed by atoms with Crippen LogP contribution in [-0.2, 0) is 0 Å². The second-order valence-electron chi connectivity index (χ2n) is 2.26. The first kappa shape index (κ1) is 9.51. The van der Waals surface area contributed by atoms with E-state index in [9.17, 15) is 10.1 Å². The third-order valence-electron chi connectivity index (χ3n) is 1.45. The van der Waals surface area contributed by atoms with Crippen molar-refractivity contribution in [3.05, 3.63) is 44.3 Å². The second-order valence-corrected chi connectivity index (χ2v) is 2.26. The molecule has 7 nitrogen and oxygen atoms in total. The first-order valence-corrected chi connectivity index (χ1v) is 3.42. The van der Waals surface area contributed by atoms with Crippen molar-refractivity contribution in [2.45, 2.75) is 0 Å². The highest BCUT2D eigenvalue weighted by Crippen LogP contribution is 2.27. The van der Waals surface area contributed by atoms with Gasteiger partial charge in [-0.2, -0.15) is 5.26 Å². The van der Waals surface area contributed by atoms with Gasteiger partial charge in [0.2, 0.25) is 0 Å². The molecule has 0 saturated carbocycles. The Hall–Kier alpha value is -2.58. The molecule has 1 rings (SSSR count). The van der Waals surface area contributed by atoms with Gasteiger partial charge in [-0.15, -0.1) is 0 Å². The molecule has 0 unspecified atom stereocenters. The maximum Gasteiger partial charge on any atom is 0.280 e. The largest absolute Gasteiger partial charge is 0.280 e. The first-order valence-electron chi connectivity index (χ1n) is 3.42. The number of nitro benzene ring substituents is 1. The van der Waals surface area contributed by atoms with E-state index in [-0.39, 0.29) is 16.9 Å². The van der Waals surface area contributed by atoms with Crippen LogP contribution in [0.1, 0.15) is 5.56 Å². The van der Waals surface area contributed by atoms with Crippen LogP contribution in [0.4, 0.5) is 11.4 Å². The fourth-order valence-electron chi connectivity index (χ4n) is 0.872. The lowest BCUT2D eigenvalue weighted by Gasteiger charge is -1.95. The number of hydrogen-bond donors (Lipinski definition) is 0. The van der Waals surface area contributed by atoms with Gasteiger partial charge in [0.25, 0.3) is 5.69 Å². The Morgan fingerprint density at radius 1 is 1.64 bits per heavy atom. The maximum atomic E-state index is 10.5. The molecule has 1 aromatic rings. The topological polar surface area (TPSA) is 116 Å². The molecule has 0 aliphatic heterocycles. The van der Waals surface area contributed by atoms with Crippen LogP contribution in [0.3, 0.4) is 0 Å². The summed E-state index contributed by atoms with van der Waals surface area (Å²) in [6, 6.07) is 5.39. The van der Waals surface area contributed by atoms with Crippen LogP contribution >= 0.6 is 0 Å². The lowest BCUT2D eigenvalue weighted by atomic mass is 10.2. The number of nitro groups is 1. The summed E-state index contributed by atoms with van der Waals surface area (Å²) >= 11 is 0. The zero-order valence-electron chi connectivity index (χ0n) is 6.78. The minimum atomic E-state index is -0.704. The van der Waals surface area contributed by atoms with Crippen molar-refractivity contribution in [3.63, 3.8) is 0 Å². The highest BCUT2D eigenvalue weighted by Gasteiger charge is 2.12. The smallest absolute Gasteiger partial charge is 0.258 e. The molecule has 0 spiro atoms. The molecule has 7 heteroatoms. The number of hydrogen-bond acceptors (Lipinski definition) is 4. The van der Waals surface area contributed by atoms with Gasteiger partial charge in [0.05, 0.1) is 16.6 Å². The Morgan fingerprint density at radius 2 is 2.36 bits per heavy atom. The monoisotopic (exact) mass is 189 g/mol. The van der Waals surface area contributed by atoms with Crippen molar-refractivity contribution in [2.24, 2.45) is 5.11 Å². The minimum absolute atomic E-state index is 0.100. The van der Waals surface area contributed by atoms with Gasteiger partial charge in [-0.1, -0.05) is 5.11 Å². The van der Waals surface area contributed by atoms with Crippen LogP contribution in [0.25, 0.3) is 10.4 Å². The average molecular weight is 189 g/mol. The molecule has 0 aliphatic rings. The highest BCUT2D eigenvalue weighted by atomic mass is 16.6. The van der Waals surface area contributed by atoms with Crippen LogP contribution < -0.4 is 0 Å². The molecular formula is C7H3N5O2. The zero-order chi connectivity index (χ0) is 10.6. The van der Waals surface area contributed by atoms with Gasteiger partial charge in [-0.25, -0.2) is 0 Å². The van der Waals surface area contributed by atoms with Gasteiger partial charge < -0.3 is 0 Å². The first-order chi connectivity index (χ1) is 6.69. The van der Waals surface area contributed by atoms with Gasteiger partial charge in [0, 0.05) is 11.0 Å². The third kappa shape index (κ3) is 1.77. The van der Waals surface area contributed by atoms with Crippen LogP contribution in [0.15, 0.2) is 23.3 Å². The Balaban J connectivity index is 3.39. The number of benzene rings is 1. The van der Waals surface area contributed by atoms with E-state index in [2.05, 4.69) is 10.0 Å². The van der Waals surface area contributed by atoms with Crippen molar-refractivity contribution in [3.8, 4) is 6.07 Å². The molecule has 0 fully saturated rings. The van der Waals surface area contributed by atoms with E-state index in [4.69, 9.17) is 10.8 Å². The van der Waals surface area contributed by atoms with Gasteiger partial charge in [0.1, 0.15) is 5.69 Å². The van der Waals surface area contributed by atoms with E-state index < -0.39 is 4.92 Å². The van der Waals surface area contributed by atoms with E-state index in [0.717, 1.165) is 6.07 Å². The highest BCUT2D eigenvalue weighted by molar-refractivity contribution is 5.60. The fourth-order valence-corrected chi connectivity index (χ4v) is 0.872. The Morgan fingerprint density at radius 3 is 2.86 bits per heavy atom. The predicted molar refractivity (Wildman–Crippen MR) is 46.6 cm³/mol. The van der Waals surface area contributed by atoms with Crippen LogP contribution in [0.5, 0.6) is 0 Å². The molecule has 0 amide bonds. The molecule has 0 N–H and O–H groups in total. The van der Waals surface area contributed by atoms with Crippen molar-refractivity contribution in [1.82, 2.24) is 0 Å². The average Bonchev–Trinajstić information content (AvgIpc) is 2.18. The van der Waals surface area contributed by atoms with Gasteiger partial charge in [-0.05, 0) is 17.7 Å². The van der Waals surface area contributed by atoms with Gasteiger partial charge >= 0.3 is 0 Å². The van der Waals surface area contributed by atoms with Crippen molar-refractivity contribution in [2.75, 3.05) is 0 Å². The summed E-state index contributed by atoms with van der Waals surface area (Å²) in [5.41, 5.74) is 7.80. The zero-order valence-corrected chi connectivity index (χ0v) is 6.78. The van der Waals surface area contributed by atoms with Crippen LogP contribution in [-0.4, -0.2) is 4.92 Å². The number of nitrogens with zero attached hydrogens (tertiary/aromatic N) is 5. The molecule has 0 aliphatic carbocycles. The lowest BCUT2D eigenvalue weighted by molar-refractivity contribution is -0.384. The normalized spacial score (nSPS) is 8.50. The predicted octanol–water partition coefficient (Wildman–Crippen LogP) is 2.41. The summed E-state index contributed by atoms with van der Waals surface area (Å²) in [6.07, 6.45) is 0. The molecule has 1 aromatic carbocycles. The van der Waals surface area contributed by atoms with E-state index >= 15 is 0 Å². The molecule has 0 atom stereocenters. The summed E-state index contributed by atoms with van der Waals surface area (Å²) in [5, 5.41) is 22.1. The summed E-state index contributed by atoms with van der Waals surface area (Å²) in [5.74, 6) is 0. The third-order valence-corrected chi connectivity index (χ3v) is 1.45. The quantitative estimate of drug-likeness (QED) is 0.233. The summed E-state index contributed by atoms with van der Waals surface area (Å²) in [7, 11) is 0. The number of nitriles is 1. The molecule has 0 radical (unpaired) electrons. The lowest BCUT2D eigenvalue weighted by Crippen LogP contribution is -1.89. The van der Waals surface area contributed by atoms with Crippen molar-refractivity contribution >= 4 is 11.4 Å². The van der Waals surface area contributed by atoms with Crippen LogP contribution in [0.2, 0.25) is 0 Å². The summed E-state index contributed by atoms with van der Waals surface area (Å²) < 4.78 is 0. The van der Waals surface area contributed by atoms with Crippen molar-refractivity contribution in [1.29, 1.82) is 5.26 Å². The van der Waals surface area contributed by atoms with Crippen molar-refractivity contribution < 1.29 is 4.92 Å². The number of rotatable bonds is 2. The second kappa shape index (κ2) is 3.89. The fraction of sp³-hybridized carbons (Fsp3) is 0. The molecule has 68 valence electrons. The standard InChI is InChI=1S/C7H3N5O2/c8-4-5-1-2-6(10-11-9)7(3-5)12(13)14/h1-3H. The molecule has 0 heterocycles. The Labute approximate surface area is 78.0 Å². The summed E-state index contributed by atoms with van der Waals surface area (Å²) in [6.45, 7) is 0. The SMILES string of the molecule is N#Cc1ccc(N=[N+]=[N-])c([N+](=O)[O-])c1. The Kier molecular flexibility index (Phi) is 2.64. The Bertz CT molecular complexity index is 469. The van der Waals surface area contributed by atoms with E-state index in [0.29, 0.717) is 0 Å². The van der Waals surface area contributed by atoms with E-state index in [1.54, 1.807) is 6.07 Å². The van der Waals surface area contributed by atoms with Gasteiger partial charge in [-0.3, -0.25) is 10.1 Å². The molecule has 0 bridgehead atoms. The van der Waals surface area contributed by atoms with Crippen LogP contribution in [0, 0.1) is 21.4 Å². The maximum absolute atomic E-state index is 10.5. The molecule has 0 saturated heterocycles. The molecule has 0 aromatic heterocycles. The number of azide groups is 1. The van der Waals surface area contributed by atoms with E-state index in [1.165, 1.54) is 12.1 Å². The molecular weight excluding hydrogens is 186 g/mol.